The number of rotatable bonds is 10. The van der Waals surface area contributed by atoms with E-state index in [-0.39, 0.29) is 24.0 Å². The van der Waals surface area contributed by atoms with Gasteiger partial charge in [-0.25, -0.2) is 0 Å². The Morgan fingerprint density at radius 2 is 2.04 bits per heavy atom. The highest BCUT2D eigenvalue weighted by Gasteiger charge is 2.06. The number of hydrogen-bond acceptors (Lipinski definition) is 4. The summed E-state index contributed by atoms with van der Waals surface area (Å²) < 4.78 is 10.9. The fraction of sp³-hybridized carbons (Fsp3) is 0.588. The number of aryl methyl sites for hydroxylation is 1. The van der Waals surface area contributed by atoms with Crippen molar-refractivity contribution in [1.82, 2.24) is 10.6 Å². The molecule has 0 saturated heterocycles. The largest absolute Gasteiger partial charge is 0.491 e. The number of halogens is 1. The van der Waals surface area contributed by atoms with E-state index in [1.807, 2.05) is 11.8 Å². The minimum Gasteiger partial charge on any atom is -0.491 e. The summed E-state index contributed by atoms with van der Waals surface area (Å²) in [6.45, 7) is 4.79. The maximum absolute atomic E-state index is 5.81. The first-order chi connectivity index (χ1) is 11.2. The van der Waals surface area contributed by atoms with Gasteiger partial charge in [0, 0.05) is 32.8 Å². The van der Waals surface area contributed by atoms with Crippen LogP contribution in [0.5, 0.6) is 5.75 Å². The van der Waals surface area contributed by atoms with Crippen LogP contribution in [0.25, 0.3) is 0 Å². The highest BCUT2D eigenvalue weighted by Crippen LogP contribution is 2.20. The van der Waals surface area contributed by atoms with E-state index in [9.17, 15) is 0 Å². The summed E-state index contributed by atoms with van der Waals surface area (Å²) in [4.78, 5) is 4.25. The Morgan fingerprint density at radius 3 is 2.71 bits per heavy atom. The Kier molecular flexibility index (Phi) is 14.2. The van der Waals surface area contributed by atoms with Crippen molar-refractivity contribution in [3.8, 4) is 5.75 Å². The Balaban J connectivity index is 0.00000529. The lowest BCUT2D eigenvalue weighted by atomic mass is 10.1. The van der Waals surface area contributed by atoms with Gasteiger partial charge < -0.3 is 20.1 Å². The molecule has 7 heteroatoms. The van der Waals surface area contributed by atoms with E-state index in [1.165, 1.54) is 5.56 Å². The van der Waals surface area contributed by atoms with Crippen molar-refractivity contribution < 1.29 is 9.47 Å². The van der Waals surface area contributed by atoms with Crippen LogP contribution in [0, 0.1) is 6.92 Å². The number of nitrogens with zero attached hydrogens (tertiary/aromatic N) is 1. The lowest BCUT2D eigenvalue weighted by Crippen LogP contribution is -2.37. The van der Waals surface area contributed by atoms with E-state index in [0.29, 0.717) is 19.8 Å². The maximum atomic E-state index is 5.81. The van der Waals surface area contributed by atoms with E-state index in [4.69, 9.17) is 9.47 Å². The number of benzene rings is 1. The quantitative estimate of drug-likeness (QED) is 0.240. The molecule has 5 nitrogen and oxygen atoms in total. The monoisotopic (exact) mass is 467 g/mol. The van der Waals surface area contributed by atoms with Crippen molar-refractivity contribution in [3.63, 3.8) is 0 Å². The number of thioether (sulfide) groups is 1. The molecule has 0 atom stereocenters. The molecular formula is C17H30IN3O2S. The van der Waals surface area contributed by atoms with E-state index in [1.54, 1.807) is 14.2 Å². The third-order valence-electron chi connectivity index (χ3n) is 3.26. The summed E-state index contributed by atoms with van der Waals surface area (Å²) in [5.41, 5.74) is 2.29. The smallest absolute Gasteiger partial charge is 0.191 e. The second-order valence-electron chi connectivity index (χ2n) is 5.15. The summed E-state index contributed by atoms with van der Waals surface area (Å²) in [5, 5.41) is 6.66. The third-order valence-corrected chi connectivity index (χ3v) is 3.95. The van der Waals surface area contributed by atoms with E-state index < -0.39 is 0 Å². The summed E-state index contributed by atoms with van der Waals surface area (Å²) >= 11 is 1.86. The fourth-order valence-corrected chi connectivity index (χ4v) is 2.43. The van der Waals surface area contributed by atoms with Gasteiger partial charge in [-0.15, -0.1) is 24.0 Å². The number of guanidine groups is 1. The van der Waals surface area contributed by atoms with Crippen LogP contribution in [0.3, 0.4) is 0 Å². The molecule has 0 aromatic heterocycles. The minimum atomic E-state index is 0. The Hall–Kier alpha value is -0.670. The highest BCUT2D eigenvalue weighted by atomic mass is 127. The number of aliphatic imine (C=N–C) groups is 1. The predicted molar refractivity (Wildman–Crippen MR) is 115 cm³/mol. The first-order valence-corrected chi connectivity index (χ1v) is 9.25. The highest BCUT2D eigenvalue weighted by molar-refractivity contribution is 14.0. The van der Waals surface area contributed by atoms with Crippen molar-refractivity contribution in [3.05, 3.63) is 29.3 Å². The van der Waals surface area contributed by atoms with Gasteiger partial charge in [0.05, 0.1) is 6.61 Å². The number of ether oxygens (including phenoxy) is 2. The number of methoxy groups -OCH3 is 1. The van der Waals surface area contributed by atoms with Gasteiger partial charge in [-0.1, -0.05) is 12.1 Å². The Bertz CT molecular complexity index is 487. The molecule has 1 aromatic carbocycles. The molecule has 0 amide bonds. The van der Waals surface area contributed by atoms with E-state index in [0.717, 1.165) is 36.0 Å². The number of nitrogens with one attached hydrogen (secondary N) is 2. The molecule has 0 radical (unpaired) electrons. The van der Waals surface area contributed by atoms with Crippen molar-refractivity contribution in [2.75, 3.05) is 45.9 Å². The maximum Gasteiger partial charge on any atom is 0.191 e. The van der Waals surface area contributed by atoms with Gasteiger partial charge in [0.25, 0.3) is 0 Å². The van der Waals surface area contributed by atoms with Gasteiger partial charge in [-0.3, -0.25) is 4.99 Å². The molecule has 1 aromatic rings. The Morgan fingerprint density at radius 1 is 1.25 bits per heavy atom. The molecule has 0 saturated carbocycles. The summed E-state index contributed by atoms with van der Waals surface area (Å²) in [7, 11) is 3.46. The average molecular weight is 467 g/mol. The van der Waals surface area contributed by atoms with Gasteiger partial charge in [-0.05, 0) is 37.0 Å². The van der Waals surface area contributed by atoms with Crippen LogP contribution in [-0.4, -0.2) is 51.9 Å². The average Bonchev–Trinajstić information content (AvgIpc) is 2.56. The topological polar surface area (TPSA) is 54.9 Å². The van der Waals surface area contributed by atoms with Gasteiger partial charge in [0.15, 0.2) is 5.96 Å². The molecule has 0 heterocycles. The molecule has 0 bridgehead atoms. The third kappa shape index (κ3) is 9.58. The molecule has 24 heavy (non-hydrogen) atoms. The fourth-order valence-electron chi connectivity index (χ4n) is 2.00. The van der Waals surface area contributed by atoms with Crippen LogP contribution >= 0.6 is 35.7 Å². The van der Waals surface area contributed by atoms with Crippen molar-refractivity contribution in [2.24, 2.45) is 4.99 Å². The van der Waals surface area contributed by atoms with E-state index in [2.05, 4.69) is 47.0 Å². The van der Waals surface area contributed by atoms with Gasteiger partial charge >= 0.3 is 0 Å². The molecule has 0 unspecified atom stereocenters. The molecule has 1 rings (SSSR count). The second kappa shape index (κ2) is 14.7. The van der Waals surface area contributed by atoms with Gasteiger partial charge in [0.2, 0.25) is 0 Å². The van der Waals surface area contributed by atoms with Crippen molar-refractivity contribution in [1.29, 1.82) is 0 Å². The lowest BCUT2D eigenvalue weighted by Gasteiger charge is -2.15. The molecule has 0 aliphatic heterocycles. The van der Waals surface area contributed by atoms with Crippen LogP contribution in [0.15, 0.2) is 23.2 Å². The summed E-state index contributed by atoms with van der Waals surface area (Å²) in [6, 6.07) is 6.24. The van der Waals surface area contributed by atoms with E-state index >= 15 is 0 Å². The lowest BCUT2D eigenvalue weighted by molar-refractivity contribution is 0.145. The molecule has 0 aliphatic rings. The van der Waals surface area contributed by atoms with Crippen LogP contribution in [0.1, 0.15) is 17.5 Å². The zero-order valence-electron chi connectivity index (χ0n) is 15.1. The van der Waals surface area contributed by atoms with Crippen molar-refractivity contribution in [2.45, 2.75) is 19.9 Å². The predicted octanol–water partition coefficient (Wildman–Crippen LogP) is 3.06. The molecular weight excluding hydrogens is 437 g/mol. The molecule has 0 fully saturated rings. The van der Waals surface area contributed by atoms with Crippen molar-refractivity contribution >= 4 is 41.7 Å². The first kappa shape index (κ1) is 23.3. The second-order valence-corrected chi connectivity index (χ2v) is 6.14. The normalized spacial score (nSPS) is 10.9. The molecule has 0 aliphatic carbocycles. The van der Waals surface area contributed by atoms with Crippen LogP contribution in [0.4, 0.5) is 0 Å². The SMILES string of the molecule is CN=C(NCCCSC)NCc1ccc(C)cc1OCCOC.I. The molecule has 0 spiro atoms. The Labute approximate surface area is 167 Å². The molecule has 2 N–H and O–H groups in total. The first-order valence-electron chi connectivity index (χ1n) is 7.86. The number of hydrogen-bond donors (Lipinski definition) is 2. The summed E-state index contributed by atoms with van der Waals surface area (Å²) in [5.74, 6) is 2.86. The minimum absolute atomic E-state index is 0. The van der Waals surface area contributed by atoms with Gasteiger partial charge in [-0.2, -0.15) is 11.8 Å². The zero-order chi connectivity index (χ0) is 16.9. The summed E-state index contributed by atoms with van der Waals surface area (Å²) in [6.07, 6.45) is 3.24. The molecule has 138 valence electrons. The van der Waals surface area contributed by atoms with Gasteiger partial charge in [0.1, 0.15) is 12.4 Å². The van der Waals surface area contributed by atoms with Crippen LogP contribution in [0.2, 0.25) is 0 Å². The standard InChI is InChI=1S/C17H29N3O2S.HI/c1-14-6-7-15(16(12-14)22-10-9-21-3)13-20-17(18-2)19-8-5-11-23-4;/h6-7,12H,5,8-11,13H2,1-4H3,(H2,18,19,20);1H. The van der Waals surface area contributed by atoms with Crippen LogP contribution in [-0.2, 0) is 11.3 Å². The van der Waals surface area contributed by atoms with Crippen LogP contribution < -0.4 is 15.4 Å². The zero-order valence-corrected chi connectivity index (χ0v) is 18.2.